The summed E-state index contributed by atoms with van der Waals surface area (Å²) in [7, 11) is 0. The standard InChI is InChI=1S/C18H16Cl2NO2/c1-12-10-13(21-9-3-2-4-18(21)22)5-8-17(12)23-14-6-7-15(19)16(20)11-14/h5-8,10-11H,1-4,9H2. The third-order valence-electron chi connectivity index (χ3n) is 3.80. The number of carbonyl (C=O) groups is 1. The minimum atomic E-state index is 0.161. The number of anilines is 1. The van der Waals surface area contributed by atoms with E-state index < -0.39 is 0 Å². The second kappa shape index (κ2) is 6.81. The van der Waals surface area contributed by atoms with Crippen LogP contribution in [0.2, 0.25) is 10.0 Å². The van der Waals surface area contributed by atoms with Crippen molar-refractivity contribution in [3.8, 4) is 11.5 Å². The van der Waals surface area contributed by atoms with Gasteiger partial charge in [0.2, 0.25) is 5.91 Å². The molecule has 0 atom stereocenters. The quantitative estimate of drug-likeness (QED) is 0.734. The van der Waals surface area contributed by atoms with Gasteiger partial charge in [-0.1, -0.05) is 23.2 Å². The summed E-state index contributed by atoms with van der Waals surface area (Å²) in [5.41, 5.74) is 1.58. The predicted octanol–water partition coefficient (Wildman–Crippen LogP) is 5.48. The Hall–Kier alpha value is -1.71. The molecule has 5 heteroatoms. The smallest absolute Gasteiger partial charge is 0.226 e. The van der Waals surface area contributed by atoms with Gasteiger partial charge in [-0.25, -0.2) is 0 Å². The third kappa shape index (κ3) is 3.62. The van der Waals surface area contributed by atoms with Crippen LogP contribution in [0.5, 0.6) is 11.5 Å². The minimum absolute atomic E-state index is 0.161. The first-order chi connectivity index (χ1) is 11.0. The van der Waals surface area contributed by atoms with Crippen LogP contribution in [-0.2, 0) is 4.79 Å². The van der Waals surface area contributed by atoms with E-state index in [1.54, 1.807) is 23.1 Å². The van der Waals surface area contributed by atoms with Gasteiger partial charge in [-0.15, -0.1) is 0 Å². The SMILES string of the molecule is [CH2]c1cc(N2CCCCC2=O)ccc1Oc1ccc(Cl)c(Cl)c1. The number of ether oxygens (including phenoxy) is 1. The Morgan fingerprint density at radius 2 is 1.87 bits per heavy atom. The monoisotopic (exact) mass is 348 g/mol. The first kappa shape index (κ1) is 16.2. The molecule has 0 saturated carbocycles. The van der Waals surface area contributed by atoms with E-state index in [9.17, 15) is 4.79 Å². The minimum Gasteiger partial charge on any atom is -0.457 e. The molecule has 119 valence electrons. The lowest BCUT2D eigenvalue weighted by Crippen LogP contribution is -2.35. The van der Waals surface area contributed by atoms with Crippen LogP contribution in [0.4, 0.5) is 5.69 Å². The summed E-state index contributed by atoms with van der Waals surface area (Å²) in [6, 6.07) is 10.7. The van der Waals surface area contributed by atoms with Crippen LogP contribution in [-0.4, -0.2) is 12.5 Å². The van der Waals surface area contributed by atoms with Crippen molar-refractivity contribution < 1.29 is 9.53 Å². The predicted molar refractivity (Wildman–Crippen MR) is 93.6 cm³/mol. The Kier molecular flexibility index (Phi) is 4.79. The van der Waals surface area contributed by atoms with Gasteiger partial charge in [0, 0.05) is 24.7 Å². The van der Waals surface area contributed by atoms with Crippen molar-refractivity contribution in [1.29, 1.82) is 0 Å². The fraction of sp³-hybridized carbons (Fsp3) is 0.222. The molecular formula is C18H16Cl2NO2. The van der Waals surface area contributed by atoms with Crippen LogP contribution in [0, 0.1) is 6.92 Å². The van der Waals surface area contributed by atoms with Crippen LogP contribution in [0.15, 0.2) is 36.4 Å². The average molecular weight is 349 g/mol. The van der Waals surface area contributed by atoms with Gasteiger partial charge in [-0.2, -0.15) is 0 Å². The number of hydrogen-bond acceptors (Lipinski definition) is 2. The number of benzene rings is 2. The molecule has 3 nitrogen and oxygen atoms in total. The fourth-order valence-electron chi connectivity index (χ4n) is 2.58. The van der Waals surface area contributed by atoms with Crippen molar-refractivity contribution in [1.82, 2.24) is 0 Å². The second-order valence-corrected chi connectivity index (χ2v) is 6.29. The highest BCUT2D eigenvalue weighted by atomic mass is 35.5. The number of hydrogen-bond donors (Lipinski definition) is 0. The van der Waals surface area contributed by atoms with E-state index in [1.807, 2.05) is 18.2 Å². The number of piperidine rings is 1. The highest BCUT2D eigenvalue weighted by molar-refractivity contribution is 6.42. The van der Waals surface area contributed by atoms with E-state index in [0.717, 1.165) is 25.1 Å². The van der Waals surface area contributed by atoms with Crippen molar-refractivity contribution in [3.63, 3.8) is 0 Å². The maximum atomic E-state index is 12.0. The molecule has 2 aromatic rings. The zero-order valence-corrected chi connectivity index (χ0v) is 14.0. The Labute approximate surface area is 145 Å². The van der Waals surface area contributed by atoms with Crippen LogP contribution in [0.25, 0.3) is 0 Å². The molecule has 0 spiro atoms. The summed E-state index contributed by atoms with van der Waals surface area (Å²) in [6.07, 6.45) is 2.60. The number of nitrogens with zero attached hydrogens (tertiary/aromatic N) is 1. The van der Waals surface area contributed by atoms with E-state index in [-0.39, 0.29) is 5.91 Å². The maximum Gasteiger partial charge on any atom is 0.226 e. The van der Waals surface area contributed by atoms with Gasteiger partial charge in [0.05, 0.1) is 10.0 Å². The molecule has 1 aliphatic heterocycles. The van der Waals surface area contributed by atoms with Crippen LogP contribution in [0.3, 0.4) is 0 Å². The van der Waals surface area contributed by atoms with Crippen molar-refractivity contribution in [3.05, 3.63) is 58.9 Å². The maximum absolute atomic E-state index is 12.0. The normalized spacial score (nSPS) is 14.9. The molecule has 1 heterocycles. The van der Waals surface area contributed by atoms with E-state index in [1.165, 1.54) is 0 Å². The first-order valence-corrected chi connectivity index (χ1v) is 8.19. The van der Waals surface area contributed by atoms with Gasteiger partial charge in [0.15, 0.2) is 0 Å². The topological polar surface area (TPSA) is 29.5 Å². The van der Waals surface area contributed by atoms with Crippen LogP contribution >= 0.6 is 23.2 Å². The fourth-order valence-corrected chi connectivity index (χ4v) is 2.87. The zero-order valence-electron chi connectivity index (χ0n) is 12.5. The molecule has 1 amide bonds. The molecule has 3 rings (SSSR count). The lowest BCUT2D eigenvalue weighted by atomic mass is 10.1. The van der Waals surface area contributed by atoms with Gasteiger partial charge in [-0.05, 0) is 55.7 Å². The van der Waals surface area contributed by atoms with E-state index >= 15 is 0 Å². The lowest BCUT2D eigenvalue weighted by Gasteiger charge is -2.27. The molecule has 1 aliphatic rings. The highest BCUT2D eigenvalue weighted by Crippen LogP contribution is 2.33. The molecule has 2 aromatic carbocycles. The van der Waals surface area contributed by atoms with Gasteiger partial charge in [0.1, 0.15) is 11.5 Å². The Morgan fingerprint density at radius 1 is 1.04 bits per heavy atom. The number of rotatable bonds is 3. The molecular weight excluding hydrogens is 333 g/mol. The molecule has 23 heavy (non-hydrogen) atoms. The summed E-state index contributed by atoms with van der Waals surface area (Å²) in [6.45, 7) is 4.77. The van der Waals surface area contributed by atoms with Crippen molar-refractivity contribution in [2.24, 2.45) is 0 Å². The molecule has 1 fully saturated rings. The summed E-state index contributed by atoms with van der Waals surface area (Å²) >= 11 is 11.9. The van der Waals surface area contributed by atoms with E-state index in [2.05, 4.69) is 6.92 Å². The Morgan fingerprint density at radius 3 is 2.57 bits per heavy atom. The molecule has 0 bridgehead atoms. The number of amides is 1. The second-order valence-electron chi connectivity index (χ2n) is 5.47. The number of halogens is 2. The summed E-state index contributed by atoms with van der Waals surface area (Å²) in [4.78, 5) is 13.8. The molecule has 1 radical (unpaired) electrons. The Bertz CT molecular complexity index is 746. The van der Waals surface area contributed by atoms with Gasteiger partial charge < -0.3 is 9.64 Å². The van der Waals surface area contributed by atoms with E-state index in [0.29, 0.717) is 33.5 Å². The summed E-state index contributed by atoms with van der Waals surface area (Å²) < 4.78 is 5.81. The van der Waals surface area contributed by atoms with Gasteiger partial charge in [0.25, 0.3) is 0 Å². The van der Waals surface area contributed by atoms with Crippen LogP contribution in [0.1, 0.15) is 24.8 Å². The first-order valence-electron chi connectivity index (χ1n) is 7.44. The lowest BCUT2D eigenvalue weighted by molar-refractivity contribution is -0.119. The van der Waals surface area contributed by atoms with Crippen molar-refractivity contribution in [2.45, 2.75) is 19.3 Å². The van der Waals surface area contributed by atoms with Crippen molar-refractivity contribution >= 4 is 34.8 Å². The molecule has 0 aliphatic carbocycles. The Balaban J connectivity index is 1.81. The highest BCUT2D eigenvalue weighted by Gasteiger charge is 2.20. The summed E-state index contributed by atoms with van der Waals surface area (Å²) in [5.74, 6) is 1.37. The van der Waals surface area contributed by atoms with E-state index in [4.69, 9.17) is 27.9 Å². The number of carbonyl (C=O) groups excluding carboxylic acids is 1. The molecule has 1 saturated heterocycles. The van der Waals surface area contributed by atoms with Crippen molar-refractivity contribution in [2.75, 3.05) is 11.4 Å². The zero-order chi connectivity index (χ0) is 16.4. The molecule has 0 N–H and O–H groups in total. The third-order valence-corrected chi connectivity index (χ3v) is 4.54. The molecule has 0 unspecified atom stereocenters. The largest absolute Gasteiger partial charge is 0.457 e. The average Bonchev–Trinajstić information content (AvgIpc) is 2.53. The van der Waals surface area contributed by atoms with Crippen LogP contribution < -0.4 is 9.64 Å². The summed E-state index contributed by atoms with van der Waals surface area (Å²) in [5, 5.41) is 0.915. The molecule has 0 aromatic heterocycles. The van der Waals surface area contributed by atoms with Gasteiger partial charge >= 0.3 is 0 Å². The van der Waals surface area contributed by atoms with Gasteiger partial charge in [-0.3, -0.25) is 4.79 Å².